The number of amides is 1. The molecule has 166 valence electrons. The van der Waals surface area contributed by atoms with Gasteiger partial charge in [0.15, 0.2) is 10.9 Å². The van der Waals surface area contributed by atoms with Crippen LogP contribution in [-0.2, 0) is 0 Å². The van der Waals surface area contributed by atoms with E-state index in [1.54, 1.807) is 29.2 Å². The fourth-order valence-corrected chi connectivity index (χ4v) is 4.35. The molecule has 0 bridgehead atoms. The van der Waals surface area contributed by atoms with E-state index in [2.05, 4.69) is 14.9 Å². The van der Waals surface area contributed by atoms with Gasteiger partial charge in [0, 0.05) is 26.2 Å². The smallest absolute Gasteiger partial charge is 0.274 e. The van der Waals surface area contributed by atoms with Gasteiger partial charge in [-0.05, 0) is 41.6 Å². The van der Waals surface area contributed by atoms with E-state index >= 15 is 0 Å². The lowest BCUT2D eigenvalue weighted by Gasteiger charge is -2.39. The van der Waals surface area contributed by atoms with Gasteiger partial charge in [-0.25, -0.2) is 18.7 Å². The van der Waals surface area contributed by atoms with Crippen molar-refractivity contribution in [2.24, 2.45) is 0 Å². The minimum Gasteiger partial charge on any atom is -0.335 e. The first-order valence-corrected chi connectivity index (χ1v) is 11.7. The second-order valence-electron chi connectivity index (χ2n) is 7.39. The minimum absolute atomic E-state index is 0.181. The number of aromatic nitrogens is 2. The molecule has 32 heavy (non-hydrogen) atoms. The molecule has 2 aromatic carbocycles. The van der Waals surface area contributed by atoms with Gasteiger partial charge in [-0.1, -0.05) is 47.6 Å². The summed E-state index contributed by atoms with van der Waals surface area (Å²) < 4.78 is 27.0. The standard InChI is InChI=1S/C23H21ClF2N4OS/c1-32-23-27-14-19(24)20(28-23)22(31)30-12-10-29(11-13-30)21(15-2-6-17(25)7-3-15)16-4-8-18(26)9-5-16/h2-9,14,21H,10-13H2,1H3. The van der Waals surface area contributed by atoms with E-state index in [1.807, 2.05) is 6.26 Å². The summed E-state index contributed by atoms with van der Waals surface area (Å²) in [4.78, 5) is 25.3. The molecule has 0 unspecified atom stereocenters. The molecule has 1 amide bonds. The Hall–Kier alpha value is -2.55. The number of thioether (sulfide) groups is 1. The lowest BCUT2D eigenvalue weighted by molar-refractivity contribution is 0.0591. The van der Waals surface area contributed by atoms with Crippen LogP contribution in [0, 0.1) is 11.6 Å². The first-order chi connectivity index (χ1) is 15.5. The van der Waals surface area contributed by atoms with Gasteiger partial charge >= 0.3 is 0 Å². The average molecular weight is 475 g/mol. The molecule has 0 atom stereocenters. The SMILES string of the molecule is CSc1ncc(Cl)c(C(=O)N2CCN(C(c3ccc(F)cc3)c3ccc(F)cc3)CC2)n1. The molecule has 5 nitrogen and oxygen atoms in total. The Kier molecular flexibility index (Phi) is 7.03. The molecule has 1 saturated heterocycles. The van der Waals surface area contributed by atoms with Gasteiger partial charge in [0.25, 0.3) is 5.91 Å². The van der Waals surface area contributed by atoms with Crippen LogP contribution in [0.25, 0.3) is 0 Å². The summed E-state index contributed by atoms with van der Waals surface area (Å²) in [5.41, 5.74) is 2.01. The second-order valence-corrected chi connectivity index (χ2v) is 8.57. The third kappa shape index (κ3) is 4.92. The van der Waals surface area contributed by atoms with Crippen molar-refractivity contribution in [3.63, 3.8) is 0 Å². The summed E-state index contributed by atoms with van der Waals surface area (Å²) in [6, 6.07) is 12.5. The molecule has 1 aliphatic heterocycles. The zero-order chi connectivity index (χ0) is 22.7. The van der Waals surface area contributed by atoms with Crippen LogP contribution in [-0.4, -0.2) is 58.1 Å². The van der Waals surface area contributed by atoms with E-state index in [-0.39, 0.29) is 34.3 Å². The number of benzene rings is 2. The summed E-state index contributed by atoms with van der Waals surface area (Å²) >= 11 is 7.52. The van der Waals surface area contributed by atoms with Crippen molar-refractivity contribution in [2.75, 3.05) is 32.4 Å². The number of halogens is 3. The molecule has 9 heteroatoms. The molecule has 0 radical (unpaired) electrons. The molecule has 0 spiro atoms. The molecular weight excluding hydrogens is 454 g/mol. The highest BCUT2D eigenvalue weighted by molar-refractivity contribution is 7.98. The quantitative estimate of drug-likeness (QED) is 0.397. The number of piperazine rings is 1. The average Bonchev–Trinajstić information content (AvgIpc) is 2.82. The van der Waals surface area contributed by atoms with Gasteiger partial charge in [-0.15, -0.1) is 0 Å². The van der Waals surface area contributed by atoms with Gasteiger partial charge in [0.1, 0.15) is 11.6 Å². The predicted molar refractivity (Wildman–Crippen MR) is 121 cm³/mol. The summed E-state index contributed by atoms with van der Waals surface area (Å²) in [6.45, 7) is 2.13. The Balaban J connectivity index is 1.54. The van der Waals surface area contributed by atoms with Crippen LogP contribution in [0.4, 0.5) is 8.78 Å². The normalized spacial score (nSPS) is 14.7. The van der Waals surface area contributed by atoms with E-state index in [0.717, 1.165) is 11.1 Å². The van der Waals surface area contributed by atoms with E-state index in [1.165, 1.54) is 42.2 Å². The lowest BCUT2D eigenvalue weighted by atomic mass is 9.96. The van der Waals surface area contributed by atoms with Crippen molar-refractivity contribution in [1.29, 1.82) is 0 Å². The van der Waals surface area contributed by atoms with Crippen molar-refractivity contribution in [3.05, 3.63) is 88.2 Å². The van der Waals surface area contributed by atoms with Crippen molar-refractivity contribution in [2.45, 2.75) is 11.2 Å². The Morgan fingerprint density at radius 3 is 2.00 bits per heavy atom. The molecule has 0 saturated carbocycles. The van der Waals surface area contributed by atoms with Gasteiger partial charge in [0.05, 0.1) is 17.3 Å². The number of rotatable bonds is 5. The molecule has 1 aromatic heterocycles. The largest absolute Gasteiger partial charge is 0.335 e. The molecule has 2 heterocycles. The maximum Gasteiger partial charge on any atom is 0.274 e. The predicted octanol–water partition coefficient (Wildman–Crippen LogP) is 4.68. The molecule has 0 N–H and O–H groups in total. The number of carbonyl (C=O) groups is 1. The number of carbonyl (C=O) groups excluding carboxylic acids is 1. The fraction of sp³-hybridized carbons (Fsp3) is 0.261. The van der Waals surface area contributed by atoms with Gasteiger partial charge in [-0.2, -0.15) is 0 Å². The first-order valence-electron chi connectivity index (χ1n) is 10.1. The zero-order valence-electron chi connectivity index (χ0n) is 17.3. The van der Waals surface area contributed by atoms with E-state index in [9.17, 15) is 13.6 Å². The van der Waals surface area contributed by atoms with Crippen LogP contribution in [0.15, 0.2) is 59.9 Å². The Labute approximate surface area is 194 Å². The second kappa shape index (κ2) is 9.94. The molecule has 3 aromatic rings. The topological polar surface area (TPSA) is 49.3 Å². The van der Waals surface area contributed by atoms with Crippen LogP contribution < -0.4 is 0 Å². The molecule has 1 fully saturated rings. The Morgan fingerprint density at radius 1 is 0.969 bits per heavy atom. The first kappa shape index (κ1) is 22.6. The number of hydrogen-bond acceptors (Lipinski definition) is 5. The summed E-state index contributed by atoms with van der Waals surface area (Å²) in [5.74, 6) is -0.853. The van der Waals surface area contributed by atoms with Crippen molar-refractivity contribution >= 4 is 29.3 Å². The molecule has 1 aliphatic rings. The third-order valence-corrected chi connectivity index (χ3v) is 6.28. The minimum atomic E-state index is -0.312. The highest BCUT2D eigenvalue weighted by atomic mass is 35.5. The van der Waals surface area contributed by atoms with E-state index < -0.39 is 0 Å². The van der Waals surface area contributed by atoms with E-state index in [4.69, 9.17) is 11.6 Å². The molecule has 4 rings (SSSR count). The van der Waals surface area contributed by atoms with Gasteiger partial charge in [0.2, 0.25) is 0 Å². The van der Waals surface area contributed by atoms with Crippen LogP contribution in [0.5, 0.6) is 0 Å². The van der Waals surface area contributed by atoms with Gasteiger partial charge < -0.3 is 4.90 Å². The van der Waals surface area contributed by atoms with Crippen LogP contribution in [0.1, 0.15) is 27.7 Å². The van der Waals surface area contributed by atoms with E-state index in [0.29, 0.717) is 31.3 Å². The number of nitrogens with zero attached hydrogens (tertiary/aromatic N) is 4. The highest BCUT2D eigenvalue weighted by Crippen LogP contribution is 2.30. The number of hydrogen-bond donors (Lipinski definition) is 0. The molecular formula is C23H21ClF2N4OS. The lowest BCUT2D eigenvalue weighted by Crippen LogP contribution is -2.50. The summed E-state index contributed by atoms with van der Waals surface area (Å²) in [5, 5.41) is 0.717. The van der Waals surface area contributed by atoms with Gasteiger partial charge in [-0.3, -0.25) is 9.69 Å². The Morgan fingerprint density at radius 2 is 1.50 bits per heavy atom. The summed E-state index contributed by atoms with van der Waals surface area (Å²) in [7, 11) is 0. The maximum atomic E-state index is 13.5. The fourth-order valence-electron chi connectivity index (χ4n) is 3.84. The van der Waals surface area contributed by atoms with Crippen molar-refractivity contribution < 1.29 is 13.6 Å². The third-order valence-electron chi connectivity index (χ3n) is 5.45. The maximum absolute atomic E-state index is 13.5. The van der Waals surface area contributed by atoms with Crippen molar-refractivity contribution in [3.8, 4) is 0 Å². The van der Waals surface area contributed by atoms with Crippen LogP contribution >= 0.6 is 23.4 Å². The zero-order valence-corrected chi connectivity index (χ0v) is 18.9. The van der Waals surface area contributed by atoms with Crippen LogP contribution in [0.3, 0.4) is 0 Å². The highest BCUT2D eigenvalue weighted by Gasteiger charge is 2.30. The van der Waals surface area contributed by atoms with Crippen molar-refractivity contribution in [1.82, 2.24) is 19.8 Å². The monoisotopic (exact) mass is 474 g/mol. The molecule has 0 aliphatic carbocycles. The van der Waals surface area contributed by atoms with Crippen LogP contribution in [0.2, 0.25) is 5.02 Å². The Bertz CT molecular complexity index is 1040. The summed E-state index contributed by atoms with van der Waals surface area (Å²) in [6.07, 6.45) is 3.28.